The number of hydrogen-bond acceptors (Lipinski definition) is 2. The van der Waals surface area contributed by atoms with E-state index in [2.05, 4.69) is 4.98 Å². The summed E-state index contributed by atoms with van der Waals surface area (Å²) >= 11 is 0. The standard InChI is InChI=1S/C15H11FN2O/c1-10-17-13-4-2-3-5-14(13)18(10)15(19)11-6-8-12(16)9-7-11/h2-9H,1H3. The zero-order valence-electron chi connectivity index (χ0n) is 10.3. The topological polar surface area (TPSA) is 34.9 Å². The molecule has 0 saturated carbocycles. The minimum Gasteiger partial charge on any atom is -0.268 e. The van der Waals surface area contributed by atoms with Gasteiger partial charge in [0, 0.05) is 5.56 Å². The molecule has 0 radical (unpaired) electrons. The van der Waals surface area contributed by atoms with Gasteiger partial charge in [0.15, 0.2) is 0 Å². The molecule has 1 aromatic heterocycles. The molecular formula is C15H11FN2O. The van der Waals surface area contributed by atoms with Gasteiger partial charge in [0.2, 0.25) is 0 Å². The molecule has 0 aliphatic heterocycles. The number of carbonyl (C=O) groups is 1. The molecule has 0 aliphatic carbocycles. The lowest BCUT2D eigenvalue weighted by molar-refractivity contribution is 0.0962. The van der Waals surface area contributed by atoms with Crippen LogP contribution < -0.4 is 0 Å². The second-order valence-electron chi connectivity index (χ2n) is 4.30. The molecule has 4 heteroatoms. The third kappa shape index (κ3) is 1.91. The van der Waals surface area contributed by atoms with Crippen LogP contribution in [0, 0.1) is 12.7 Å². The smallest absolute Gasteiger partial charge is 0.263 e. The Labute approximate surface area is 109 Å². The molecule has 0 atom stereocenters. The summed E-state index contributed by atoms with van der Waals surface area (Å²) in [6.07, 6.45) is 0. The molecule has 3 aromatic rings. The quantitative estimate of drug-likeness (QED) is 0.668. The van der Waals surface area contributed by atoms with E-state index < -0.39 is 0 Å². The van der Waals surface area contributed by atoms with E-state index in [0.717, 1.165) is 11.0 Å². The molecule has 1 heterocycles. The molecule has 0 fully saturated rings. The highest BCUT2D eigenvalue weighted by atomic mass is 19.1. The van der Waals surface area contributed by atoms with Gasteiger partial charge in [0.25, 0.3) is 5.91 Å². The zero-order valence-corrected chi connectivity index (χ0v) is 10.3. The predicted octanol–water partition coefficient (Wildman–Crippen LogP) is 3.17. The second kappa shape index (κ2) is 4.31. The van der Waals surface area contributed by atoms with Gasteiger partial charge in [-0.1, -0.05) is 12.1 Å². The van der Waals surface area contributed by atoms with Gasteiger partial charge >= 0.3 is 0 Å². The second-order valence-corrected chi connectivity index (χ2v) is 4.30. The monoisotopic (exact) mass is 254 g/mol. The van der Waals surface area contributed by atoms with Crippen LogP contribution in [0.1, 0.15) is 16.2 Å². The zero-order chi connectivity index (χ0) is 13.4. The van der Waals surface area contributed by atoms with Gasteiger partial charge in [-0.05, 0) is 43.3 Å². The van der Waals surface area contributed by atoms with Crippen LogP contribution in [0.3, 0.4) is 0 Å². The first kappa shape index (κ1) is 11.6. The number of aryl methyl sites for hydroxylation is 1. The molecule has 2 aromatic carbocycles. The minimum atomic E-state index is -0.358. The predicted molar refractivity (Wildman–Crippen MR) is 70.6 cm³/mol. The Morgan fingerprint density at radius 2 is 1.79 bits per heavy atom. The van der Waals surface area contributed by atoms with Crippen LogP contribution in [0.25, 0.3) is 11.0 Å². The molecule has 0 amide bonds. The Bertz CT molecular complexity index is 759. The minimum absolute atomic E-state index is 0.203. The number of carbonyl (C=O) groups excluding carboxylic acids is 1. The van der Waals surface area contributed by atoms with Crippen molar-refractivity contribution in [3.05, 3.63) is 65.7 Å². The first-order valence-corrected chi connectivity index (χ1v) is 5.91. The summed E-state index contributed by atoms with van der Waals surface area (Å²) in [5, 5.41) is 0. The van der Waals surface area contributed by atoms with Gasteiger partial charge in [-0.25, -0.2) is 9.37 Å². The van der Waals surface area contributed by atoms with Gasteiger partial charge in [0.1, 0.15) is 11.6 Å². The van der Waals surface area contributed by atoms with Crippen molar-refractivity contribution in [2.24, 2.45) is 0 Å². The molecular weight excluding hydrogens is 243 g/mol. The number of imidazole rings is 1. The summed E-state index contributed by atoms with van der Waals surface area (Å²) in [6, 6.07) is 13.0. The average Bonchev–Trinajstić information content (AvgIpc) is 2.74. The number of nitrogens with zero attached hydrogens (tertiary/aromatic N) is 2. The Hall–Kier alpha value is -2.49. The largest absolute Gasteiger partial charge is 0.268 e. The molecule has 3 nitrogen and oxygen atoms in total. The highest BCUT2D eigenvalue weighted by Gasteiger charge is 2.15. The van der Waals surface area contributed by atoms with E-state index in [1.54, 1.807) is 11.5 Å². The van der Waals surface area contributed by atoms with E-state index >= 15 is 0 Å². The van der Waals surface area contributed by atoms with E-state index in [0.29, 0.717) is 11.4 Å². The fourth-order valence-electron chi connectivity index (χ4n) is 2.12. The van der Waals surface area contributed by atoms with Gasteiger partial charge in [-0.15, -0.1) is 0 Å². The number of fused-ring (bicyclic) bond motifs is 1. The molecule has 19 heavy (non-hydrogen) atoms. The van der Waals surface area contributed by atoms with Crippen molar-refractivity contribution >= 4 is 16.9 Å². The van der Waals surface area contributed by atoms with Crippen molar-refractivity contribution in [1.82, 2.24) is 9.55 Å². The summed E-state index contributed by atoms with van der Waals surface area (Å²) < 4.78 is 14.4. The van der Waals surface area contributed by atoms with E-state index in [1.165, 1.54) is 24.3 Å². The Balaban J connectivity index is 2.16. The van der Waals surface area contributed by atoms with Crippen LogP contribution in [0.4, 0.5) is 4.39 Å². The maximum absolute atomic E-state index is 12.9. The van der Waals surface area contributed by atoms with Crippen LogP contribution in [0.15, 0.2) is 48.5 Å². The van der Waals surface area contributed by atoms with Crippen molar-refractivity contribution < 1.29 is 9.18 Å². The SMILES string of the molecule is Cc1nc2ccccc2n1C(=O)c1ccc(F)cc1. The van der Waals surface area contributed by atoms with E-state index in [4.69, 9.17) is 0 Å². The number of para-hydroxylation sites is 2. The third-order valence-electron chi connectivity index (χ3n) is 3.02. The van der Waals surface area contributed by atoms with Crippen molar-refractivity contribution in [2.45, 2.75) is 6.92 Å². The summed E-state index contributed by atoms with van der Waals surface area (Å²) in [6.45, 7) is 1.78. The van der Waals surface area contributed by atoms with Crippen LogP contribution in [-0.2, 0) is 0 Å². The maximum Gasteiger partial charge on any atom is 0.263 e. The Kier molecular flexibility index (Phi) is 2.63. The molecule has 94 valence electrons. The average molecular weight is 254 g/mol. The number of benzene rings is 2. The molecule has 0 N–H and O–H groups in total. The van der Waals surface area contributed by atoms with Gasteiger partial charge in [0.05, 0.1) is 11.0 Å². The first-order chi connectivity index (χ1) is 9.16. The molecule has 0 unspecified atom stereocenters. The van der Waals surface area contributed by atoms with Crippen molar-refractivity contribution in [3.63, 3.8) is 0 Å². The van der Waals surface area contributed by atoms with Crippen molar-refractivity contribution in [2.75, 3.05) is 0 Å². The van der Waals surface area contributed by atoms with Crippen LogP contribution in [0.5, 0.6) is 0 Å². The molecule has 0 saturated heterocycles. The highest BCUT2D eigenvalue weighted by Crippen LogP contribution is 2.17. The van der Waals surface area contributed by atoms with Crippen molar-refractivity contribution in [3.8, 4) is 0 Å². The summed E-state index contributed by atoms with van der Waals surface area (Å²) in [7, 11) is 0. The first-order valence-electron chi connectivity index (χ1n) is 5.91. The van der Waals surface area contributed by atoms with Gasteiger partial charge in [-0.3, -0.25) is 9.36 Å². The van der Waals surface area contributed by atoms with Gasteiger partial charge in [-0.2, -0.15) is 0 Å². The number of halogens is 1. The Morgan fingerprint density at radius 3 is 2.53 bits per heavy atom. The number of aromatic nitrogens is 2. The molecule has 0 bridgehead atoms. The van der Waals surface area contributed by atoms with E-state index in [9.17, 15) is 9.18 Å². The summed E-state index contributed by atoms with van der Waals surface area (Å²) in [4.78, 5) is 16.8. The lowest BCUT2D eigenvalue weighted by Gasteiger charge is -2.05. The fraction of sp³-hybridized carbons (Fsp3) is 0.0667. The number of hydrogen-bond donors (Lipinski definition) is 0. The normalized spacial score (nSPS) is 10.8. The lowest BCUT2D eigenvalue weighted by atomic mass is 10.2. The molecule has 3 rings (SSSR count). The highest BCUT2D eigenvalue weighted by molar-refractivity contribution is 6.01. The summed E-state index contributed by atoms with van der Waals surface area (Å²) in [5.41, 5.74) is 1.97. The maximum atomic E-state index is 12.9. The van der Waals surface area contributed by atoms with Crippen molar-refractivity contribution in [1.29, 1.82) is 0 Å². The van der Waals surface area contributed by atoms with Crippen LogP contribution >= 0.6 is 0 Å². The number of rotatable bonds is 1. The third-order valence-corrected chi connectivity index (χ3v) is 3.02. The van der Waals surface area contributed by atoms with E-state index in [1.807, 2.05) is 24.3 Å². The Morgan fingerprint density at radius 1 is 1.11 bits per heavy atom. The fourth-order valence-corrected chi connectivity index (χ4v) is 2.12. The lowest BCUT2D eigenvalue weighted by Crippen LogP contribution is -2.13. The van der Waals surface area contributed by atoms with E-state index in [-0.39, 0.29) is 11.7 Å². The van der Waals surface area contributed by atoms with Gasteiger partial charge < -0.3 is 0 Å². The van der Waals surface area contributed by atoms with Crippen LogP contribution in [-0.4, -0.2) is 15.5 Å². The van der Waals surface area contributed by atoms with Crippen LogP contribution in [0.2, 0.25) is 0 Å². The molecule has 0 spiro atoms. The summed E-state index contributed by atoms with van der Waals surface area (Å²) in [5.74, 6) is 0.0606. The molecule has 0 aliphatic rings.